The summed E-state index contributed by atoms with van der Waals surface area (Å²) in [5.74, 6) is -1.03. The molecule has 0 bridgehead atoms. The number of ether oxygens (including phenoxy) is 1. The number of carbonyl (C=O) groups excluding carboxylic acids is 2. The summed E-state index contributed by atoms with van der Waals surface area (Å²) < 4.78 is 4.67. The Hall–Kier alpha value is -3.22. The molecule has 136 valence electrons. The molecule has 0 saturated carbocycles. The van der Waals surface area contributed by atoms with Crippen LogP contribution in [0.15, 0.2) is 42.5 Å². The number of benzene rings is 2. The second kappa shape index (κ2) is 8.24. The summed E-state index contributed by atoms with van der Waals surface area (Å²) in [6.45, 7) is 3.46. The lowest BCUT2D eigenvalue weighted by atomic mass is 10.1. The molecule has 0 aromatic heterocycles. The molecule has 0 aliphatic rings. The normalized spacial score (nSPS) is 10.3. The molecule has 2 aromatic carbocycles. The summed E-state index contributed by atoms with van der Waals surface area (Å²) >= 11 is 0. The summed E-state index contributed by atoms with van der Waals surface area (Å²) in [7, 11) is 1.25. The van der Waals surface area contributed by atoms with Crippen LogP contribution >= 0.6 is 0 Å². The molecule has 0 N–H and O–H groups in total. The van der Waals surface area contributed by atoms with E-state index in [1.54, 1.807) is 6.92 Å². The van der Waals surface area contributed by atoms with Crippen LogP contribution in [-0.2, 0) is 16.1 Å². The smallest absolute Gasteiger partial charge is 0.325 e. The van der Waals surface area contributed by atoms with Crippen LogP contribution < -0.4 is 0 Å². The topological polar surface area (TPSA) is 89.8 Å². The third-order valence-corrected chi connectivity index (χ3v) is 4.11. The van der Waals surface area contributed by atoms with E-state index in [0.29, 0.717) is 5.56 Å². The van der Waals surface area contributed by atoms with E-state index in [4.69, 9.17) is 0 Å². The van der Waals surface area contributed by atoms with Crippen LogP contribution in [0.4, 0.5) is 5.69 Å². The van der Waals surface area contributed by atoms with Gasteiger partial charge in [0.25, 0.3) is 11.6 Å². The molecule has 0 aliphatic carbocycles. The lowest BCUT2D eigenvalue weighted by Crippen LogP contribution is -2.36. The first kappa shape index (κ1) is 19.1. The van der Waals surface area contributed by atoms with Gasteiger partial charge in [-0.3, -0.25) is 19.7 Å². The minimum absolute atomic E-state index is 0.134. The van der Waals surface area contributed by atoms with Gasteiger partial charge in [0.15, 0.2) is 0 Å². The van der Waals surface area contributed by atoms with Gasteiger partial charge in [-0.25, -0.2) is 0 Å². The highest BCUT2D eigenvalue weighted by Gasteiger charge is 2.22. The van der Waals surface area contributed by atoms with Crippen molar-refractivity contribution in [2.75, 3.05) is 13.7 Å². The van der Waals surface area contributed by atoms with E-state index in [2.05, 4.69) is 4.74 Å². The van der Waals surface area contributed by atoms with Crippen LogP contribution in [-0.4, -0.2) is 35.4 Å². The van der Waals surface area contributed by atoms with Crippen LogP contribution in [0.5, 0.6) is 0 Å². The van der Waals surface area contributed by atoms with Gasteiger partial charge in [-0.15, -0.1) is 0 Å². The molecule has 0 saturated heterocycles. The zero-order valence-corrected chi connectivity index (χ0v) is 14.9. The fraction of sp³-hybridized carbons (Fsp3) is 0.263. The molecule has 0 heterocycles. The van der Waals surface area contributed by atoms with Gasteiger partial charge in [-0.1, -0.05) is 30.3 Å². The lowest BCUT2D eigenvalue weighted by Gasteiger charge is -2.22. The molecule has 0 atom stereocenters. The second-order valence-electron chi connectivity index (χ2n) is 5.92. The molecule has 1 amide bonds. The Labute approximate surface area is 151 Å². The molecule has 0 spiro atoms. The van der Waals surface area contributed by atoms with Crippen molar-refractivity contribution in [1.29, 1.82) is 0 Å². The van der Waals surface area contributed by atoms with Crippen LogP contribution in [0.25, 0.3) is 0 Å². The molecule has 2 rings (SSSR count). The molecular formula is C19H20N2O5. The number of aryl methyl sites for hydroxylation is 2. The fourth-order valence-corrected chi connectivity index (χ4v) is 2.53. The van der Waals surface area contributed by atoms with Gasteiger partial charge < -0.3 is 9.64 Å². The molecule has 0 radical (unpaired) electrons. The summed E-state index contributed by atoms with van der Waals surface area (Å²) in [6.07, 6.45) is 0. The van der Waals surface area contributed by atoms with Gasteiger partial charge in [-0.05, 0) is 31.0 Å². The number of nitro groups is 1. The minimum atomic E-state index is -0.562. The van der Waals surface area contributed by atoms with E-state index in [1.807, 2.05) is 31.2 Å². The van der Waals surface area contributed by atoms with Gasteiger partial charge in [0, 0.05) is 23.7 Å². The summed E-state index contributed by atoms with van der Waals surface area (Å²) in [5, 5.41) is 11.1. The third-order valence-electron chi connectivity index (χ3n) is 4.11. The number of methoxy groups -OCH3 is 1. The molecule has 7 heteroatoms. The minimum Gasteiger partial charge on any atom is -0.468 e. The van der Waals surface area contributed by atoms with Crippen LogP contribution in [0.2, 0.25) is 0 Å². The quantitative estimate of drug-likeness (QED) is 0.451. The first-order chi connectivity index (χ1) is 12.3. The van der Waals surface area contributed by atoms with Crippen molar-refractivity contribution >= 4 is 17.6 Å². The van der Waals surface area contributed by atoms with Crippen molar-refractivity contribution in [3.05, 3.63) is 74.8 Å². The molecule has 0 aliphatic heterocycles. The Morgan fingerprint density at radius 2 is 1.81 bits per heavy atom. The van der Waals surface area contributed by atoms with Crippen molar-refractivity contribution < 1.29 is 19.2 Å². The Morgan fingerprint density at radius 1 is 1.12 bits per heavy atom. The van der Waals surface area contributed by atoms with Crippen LogP contribution in [0.3, 0.4) is 0 Å². The lowest BCUT2D eigenvalue weighted by molar-refractivity contribution is -0.385. The second-order valence-corrected chi connectivity index (χ2v) is 5.92. The maximum atomic E-state index is 12.9. The van der Waals surface area contributed by atoms with E-state index in [9.17, 15) is 19.7 Å². The predicted octanol–water partition coefficient (Wildman–Crippen LogP) is 3.03. The van der Waals surface area contributed by atoms with Gasteiger partial charge in [0.2, 0.25) is 0 Å². The van der Waals surface area contributed by atoms with E-state index >= 15 is 0 Å². The number of carbonyl (C=O) groups is 2. The molecule has 0 unspecified atom stereocenters. The van der Waals surface area contributed by atoms with E-state index < -0.39 is 16.8 Å². The first-order valence-electron chi connectivity index (χ1n) is 7.99. The summed E-state index contributed by atoms with van der Waals surface area (Å²) in [5.41, 5.74) is 2.34. The molecule has 2 aromatic rings. The van der Waals surface area contributed by atoms with Crippen LogP contribution in [0.1, 0.15) is 27.0 Å². The molecule has 7 nitrogen and oxygen atoms in total. The van der Waals surface area contributed by atoms with Crippen molar-refractivity contribution in [3.63, 3.8) is 0 Å². The number of amides is 1. The van der Waals surface area contributed by atoms with Crippen molar-refractivity contribution in [2.24, 2.45) is 0 Å². The van der Waals surface area contributed by atoms with E-state index in [-0.39, 0.29) is 24.3 Å². The van der Waals surface area contributed by atoms with Crippen LogP contribution in [0, 0.1) is 24.0 Å². The maximum Gasteiger partial charge on any atom is 0.325 e. The van der Waals surface area contributed by atoms with Gasteiger partial charge in [0.1, 0.15) is 6.54 Å². The number of nitrogens with zero attached hydrogens (tertiary/aromatic N) is 2. The molecule has 0 fully saturated rings. The van der Waals surface area contributed by atoms with Gasteiger partial charge in [-0.2, -0.15) is 0 Å². The number of hydrogen-bond donors (Lipinski definition) is 0. The average Bonchev–Trinajstić information content (AvgIpc) is 2.62. The Bertz CT molecular complexity index is 848. The maximum absolute atomic E-state index is 12.9. The SMILES string of the molecule is COC(=O)CN(Cc1ccccc1C)C(=O)c1ccc(C)c([N+](=O)[O-])c1. The van der Waals surface area contributed by atoms with Gasteiger partial charge in [0.05, 0.1) is 12.0 Å². The Kier molecular flexibility index (Phi) is 6.06. The predicted molar refractivity (Wildman–Crippen MR) is 95.8 cm³/mol. The average molecular weight is 356 g/mol. The summed E-state index contributed by atoms with van der Waals surface area (Å²) in [6, 6.07) is 11.8. The van der Waals surface area contributed by atoms with E-state index in [0.717, 1.165) is 11.1 Å². The standard InChI is InChI=1S/C19H20N2O5/c1-13-6-4-5-7-16(13)11-20(12-18(22)26-3)19(23)15-9-8-14(2)17(10-15)21(24)25/h4-10H,11-12H2,1-3H3. The molecular weight excluding hydrogens is 336 g/mol. The highest BCUT2D eigenvalue weighted by molar-refractivity contribution is 5.96. The first-order valence-corrected chi connectivity index (χ1v) is 7.99. The summed E-state index contributed by atoms with van der Waals surface area (Å²) in [4.78, 5) is 36.6. The van der Waals surface area contributed by atoms with Crippen molar-refractivity contribution in [3.8, 4) is 0 Å². The number of nitro benzene ring substituents is 1. The number of esters is 1. The van der Waals surface area contributed by atoms with E-state index in [1.165, 1.54) is 30.2 Å². The largest absolute Gasteiger partial charge is 0.468 e. The fourth-order valence-electron chi connectivity index (χ4n) is 2.53. The highest BCUT2D eigenvalue weighted by atomic mass is 16.6. The Balaban J connectivity index is 2.37. The highest BCUT2D eigenvalue weighted by Crippen LogP contribution is 2.21. The zero-order chi connectivity index (χ0) is 19.3. The number of hydrogen-bond acceptors (Lipinski definition) is 5. The third kappa shape index (κ3) is 4.44. The van der Waals surface area contributed by atoms with Crippen molar-refractivity contribution in [2.45, 2.75) is 20.4 Å². The zero-order valence-electron chi connectivity index (χ0n) is 14.9. The van der Waals surface area contributed by atoms with Crippen molar-refractivity contribution in [1.82, 2.24) is 4.90 Å². The Morgan fingerprint density at radius 3 is 2.42 bits per heavy atom. The monoisotopic (exact) mass is 356 g/mol. The number of rotatable bonds is 6. The van der Waals surface area contributed by atoms with Gasteiger partial charge >= 0.3 is 5.97 Å². The molecule has 26 heavy (non-hydrogen) atoms.